The molecular formula is C15H13BrN2O3. The second-order valence-corrected chi connectivity index (χ2v) is 5.56. The minimum atomic E-state index is -0.559. The number of rotatable bonds is 3. The first-order valence-corrected chi connectivity index (χ1v) is 7.01. The van der Waals surface area contributed by atoms with Gasteiger partial charge in [-0.2, -0.15) is 0 Å². The van der Waals surface area contributed by atoms with E-state index in [0.717, 1.165) is 15.6 Å². The largest absolute Gasteiger partial charge is 0.321 e. The van der Waals surface area contributed by atoms with Gasteiger partial charge in [-0.1, -0.05) is 28.1 Å². The molecular weight excluding hydrogens is 336 g/mol. The third-order valence-electron chi connectivity index (χ3n) is 3.08. The molecule has 0 saturated carbocycles. The average Bonchev–Trinajstić information content (AvgIpc) is 2.42. The third kappa shape index (κ3) is 3.28. The molecule has 0 aliphatic rings. The van der Waals surface area contributed by atoms with Gasteiger partial charge in [0.05, 0.1) is 4.92 Å². The van der Waals surface area contributed by atoms with Gasteiger partial charge in [-0.25, -0.2) is 0 Å². The van der Waals surface area contributed by atoms with Gasteiger partial charge in [0.1, 0.15) is 5.56 Å². The van der Waals surface area contributed by atoms with E-state index in [-0.39, 0.29) is 11.3 Å². The van der Waals surface area contributed by atoms with Crippen LogP contribution in [-0.4, -0.2) is 10.8 Å². The summed E-state index contributed by atoms with van der Waals surface area (Å²) >= 11 is 3.39. The predicted molar refractivity (Wildman–Crippen MR) is 84.7 cm³/mol. The zero-order valence-corrected chi connectivity index (χ0v) is 13.1. The molecule has 108 valence electrons. The number of hydrogen-bond acceptors (Lipinski definition) is 3. The van der Waals surface area contributed by atoms with Crippen molar-refractivity contribution in [2.75, 3.05) is 5.32 Å². The Kier molecular flexibility index (Phi) is 4.37. The van der Waals surface area contributed by atoms with Gasteiger partial charge in [-0.15, -0.1) is 0 Å². The summed E-state index contributed by atoms with van der Waals surface area (Å²) in [5.74, 6) is -0.490. The Morgan fingerprint density at radius 3 is 2.33 bits per heavy atom. The van der Waals surface area contributed by atoms with Crippen molar-refractivity contribution in [3.63, 3.8) is 0 Å². The van der Waals surface area contributed by atoms with E-state index in [2.05, 4.69) is 21.2 Å². The van der Waals surface area contributed by atoms with E-state index < -0.39 is 10.8 Å². The summed E-state index contributed by atoms with van der Waals surface area (Å²) in [6.07, 6.45) is 0. The van der Waals surface area contributed by atoms with Crippen LogP contribution >= 0.6 is 15.9 Å². The lowest BCUT2D eigenvalue weighted by Crippen LogP contribution is -2.15. The fourth-order valence-electron chi connectivity index (χ4n) is 2.11. The third-order valence-corrected chi connectivity index (χ3v) is 3.54. The zero-order chi connectivity index (χ0) is 15.6. The van der Waals surface area contributed by atoms with Gasteiger partial charge < -0.3 is 5.32 Å². The van der Waals surface area contributed by atoms with Crippen molar-refractivity contribution in [2.45, 2.75) is 13.8 Å². The van der Waals surface area contributed by atoms with Gasteiger partial charge in [-0.3, -0.25) is 14.9 Å². The number of nitrogens with one attached hydrogen (secondary N) is 1. The number of amides is 1. The first-order chi connectivity index (χ1) is 9.90. The normalized spacial score (nSPS) is 10.2. The van der Waals surface area contributed by atoms with Crippen LogP contribution in [-0.2, 0) is 0 Å². The van der Waals surface area contributed by atoms with Gasteiger partial charge in [0.2, 0.25) is 0 Å². The van der Waals surface area contributed by atoms with Gasteiger partial charge >= 0.3 is 0 Å². The smallest absolute Gasteiger partial charge is 0.282 e. The highest BCUT2D eigenvalue weighted by Gasteiger charge is 2.20. The van der Waals surface area contributed by atoms with Crippen molar-refractivity contribution in [1.29, 1.82) is 0 Å². The fraction of sp³-hybridized carbons (Fsp3) is 0.133. The molecule has 0 aliphatic heterocycles. The highest BCUT2D eigenvalue weighted by atomic mass is 79.9. The summed E-state index contributed by atoms with van der Waals surface area (Å²) in [7, 11) is 0. The van der Waals surface area contributed by atoms with Crippen LogP contribution in [0.4, 0.5) is 11.4 Å². The number of aryl methyl sites for hydroxylation is 2. The van der Waals surface area contributed by atoms with Crippen LogP contribution in [0.5, 0.6) is 0 Å². The first-order valence-electron chi connectivity index (χ1n) is 6.21. The minimum absolute atomic E-state index is 0.0456. The van der Waals surface area contributed by atoms with Crippen molar-refractivity contribution in [3.8, 4) is 0 Å². The minimum Gasteiger partial charge on any atom is -0.321 e. The van der Waals surface area contributed by atoms with Crippen molar-refractivity contribution < 1.29 is 9.72 Å². The van der Waals surface area contributed by atoms with E-state index in [4.69, 9.17) is 0 Å². The fourth-order valence-corrected chi connectivity index (χ4v) is 2.80. The van der Waals surface area contributed by atoms with Crippen molar-refractivity contribution in [2.24, 2.45) is 0 Å². The number of carbonyl (C=O) groups excluding carboxylic acids is 1. The molecule has 0 heterocycles. The number of nitro benzene ring substituents is 1. The van der Waals surface area contributed by atoms with E-state index >= 15 is 0 Å². The van der Waals surface area contributed by atoms with Crippen LogP contribution < -0.4 is 5.32 Å². The second-order valence-electron chi connectivity index (χ2n) is 4.64. The lowest BCUT2D eigenvalue weighted by molar-refractivity contribution is -0.385. The van der Waals surface area contributed by atoms with Gasteiger partial charge in [0.15, 0.2) is 0 Å². The van der Waals surface area contributed by atoms with E-state index in [1.165, 1.54) is 18.2 Å². The summed E-state index contributed by atoms with van der Waals surface area (Å²) in [6, 6.07) is 9.64. The predicted octanol–water partition coefficient (Wildman–Crippen LogP) is 4.23. The number of nitro groups is 1. The Morgan fingerprint density at radius 1 is 1.19 bits per heavy atom. The van der Waals surface area contributed by atoms with Gasteiger partial charge in [0, 0.05) is 16.2 Å². The standard InChI is InChI=1S/C15H13BrN2O3/c1-9-7-11(16)8-10(2)14(9)17-15(19)12-5-3-4-6-13(12)18(20)21/h3-8H,1-2H3,(H,17,19). The van der Waals surface area contributed by atoms with Crippen LogP contribution in [0.3, 0.4) is 0 Å². The highest BCUT2D eigenvalue weighted by molar-refractivity contribution is 9.10. The average molecular weight is 349 g/mol. The van der Waals surface area contributed by atoms with Crippen molar-refractivity contribution in [1.82, 2.24) is 0 Å². The molecule has 6 heteroatoms. The molecule has 1 amide bonds. The van der Waals surface area contributed by atoms with Crippen molar-refractivity contribution >= 4 is 33.2 Å². The monoisotopic (exact) mass is 348 g/mol. The van der Waals surface area contributed by atoms with Crippen LogP contribution in [0.2, 0.25) is 0 Å². The van der Waals surface area contributed by atoms with Crippen LogP contribution in [0, 0.1) is 24.0 Å². The van der Waals surface area contributed by atoms with Gasteiger partial charge in [0.25, 0.3) is 11.6 Å². The molecule has 0 bridgehead atoms. The molecule has 0 radical (unpaired) electrons. The molecule has 21 heavy (non-hydrogen) atoms. The van der Waals surface area contributed by atoms with Crippen LogP contribution in [0.1, 0.15) is 21.5 Å². The number of anilines is 1. The summed E-state index contributed by atoms with van der Waals surface area (Å²) in [4.78, 5) is 22.7. The lowest BCUT2D eigenvalue weighted by Gasteiger charge is -2.12. The maximum absolute atomic E-state index is 12.3. The van der Waals surface area contributed by atoms with E-state index in [1.54, 1.807) is 6.07 Å². The molecule has 2 rings (SSSR count). The molecule has 0 spiro atoms. The summed E-state index contributed by atoms with van der Waals surface area (Å²) in [5.41, 5.74) is 2.27. The van der Waals surface area contributed by atoms with Crippen LogP contribution in [0.15, 0.2) is 40.9 Å². The van der Waals surface area contributed by atoms with E-state index in [1.807, 2.05) is 26.0 Å². The highest BCUT2D eigenvalue weighted by Crippen LogP contribution is 2.26. The molecule has 1 N–H and O–H groups in total. The number of hydrogen-bond donors (Lipinski definition) is 1. The number of para-hydroxylation sites is 1. The lowest BCUT2D eigenvalue weighted by atomic mass is 10.1. The topological polar surface area (TPSA) is 72.2 Å². The summed E-state index contributed by atoms with van der Waals surface area (Å²) in [6.45, 7) is 3.74. The van der Waals surface area contributed by atoms with E-state index in [0.29, 0.717) is 5.69 Å². The molecule has 2 aromatic carbocycles. The number of halogens is 1. The second kappa shape index (κ2) is 6.05. The maximum atomic E-state index is 12.3. The Balaban J connectivity index is 2.38. The molecule has 5 nitrogen and oxygen atoms in total. The first kappa shape index (κ1) is 15.2. The Morgan fingerprint density at radius 2 is 1.76 bits per heavy atom. The molecule has 2 aromatic rings. The Hall–Kier alpha value is -2.21. The molecule has 0 aliphatic carbocycles. The zero-order valence-electron chi connectivity index (χ0n) is 11.5. The number of benzene rings is 2. The van der Waals surface area contributed by atoms with Gasteiger partial charge in [-0.05, 0) is 43.2 Å². The molecule has 0 unspecified atom stereocenters. The Bertz CT molecular complexity index is 706. The van der Waals surface area contributed by atoms with E-state index in [9.17, 15) is 14.9 Å². The molecule has 0 saturated heterocycles. The molecule has 0 atom stereocenters. The number of nitrogens with zero attached hydrogens (tertiary/aromatic N) is 1. The Labute approximate surface area is 130 Å². The maximum Gasteiger partial charge on any atom is 0.282 e. The molecule has 0 fully saturated rings. The SMILES string of the molecule is Cc1cc(Br)cc(C)c1NC(=O)c1ccccc1[N+](=O)[O-]. The molecule has 0 aromatic heterocycles. The quantitative estimate of drug-likeness (QED) is 0.666. The van der Waals surface area contributed by atoms with Crippen molar-refractivity contribution in [3.05, 3.63) is 67.7 Å². The van der Waals surface area contributed by atoms with Crippen LogP contribution in [0.25, 0.3) is 0 Å². The summed E-state index contributed by atoms with van der Waals surface area (Å²) < 4.78 is 0.918. The summed E-state index contributed by atoms with van der Waals surface area (Å²) in [5, 5.41) is 13.7. The number of carbonyl (C=O) groups is 1.